The molecular formula is C11H11ClN2. The molecule has 0 radical (unpaired) electrons. The summed E-state index contributed by atoms with van der Waals surface area (Å²) in [6.07, 6.45) is 0.877. The number of halogens is 1. The van der Waals surface area contributed by atoms with Crippen molar-refractivity contribution in [3.63, 3.8) is 0 Å². The highest BCUT2D eigenvalue weighted by Gasteiger charge is 2.05. The van der Waals surface area contributed by atoms with Gasteiger partial charge in [-0.15, -0.1) is 0 Å². The third-order valence-corrected chi connectivity index (χ3v) is 2.48. The molecule has 0 aliphatic rings. The quantitative estimate of drug-likeness (QED) is 0.670. The van der Waals surface area contributed by atoms with E-state index in [0.717, 1.165) is 28.6 Å². The lowest BCUT2D eigenvalue weighted by Crippen LogP contribution is -1.94. The van der Waals surface area contributed by atoms with Crippen LogP contribution in [0.2, 0.25) is 5.28 Å². The monoisotopic (exact) mass is 206 g/mol. The van der Waals surface area contributed by atoms with Crippen LogP contribution in [0.5, 0.6) is 0 Å². The summed E-state index contributed by atoms with van der Waals surface area (Å²) in [5.41, 5.74) is 3.12. The van der Waals surface area contributed by atoms with E-state index in [9.17, 15) is 0 Å². The van der Waals surface area contributed by atoms with Gasteiger partial charge >= 0.3 is 0 Å². The van der Waals surface area contributed by atoms with Crippen LogP contribution in [0, 0.1) is 6.92 Å². The van der Waals surface area contributed by atoms with Crippen molar-refractivity contribution in [1.29, 1.82) is 0 Å². The predicted molar refractivity (Wildman–Crippen MR) is 58.7 cm³/mol. The minimum absolute atomic E-state index is 0.337. The van der Waals surface area contributed by atoms with Crippen molar-refractivity contribution in [1.82, 2.24) is 9.97 Å². The van der Waals surface area contributed by atoms with Crippen molar-refractivity contribution in [3.8, 4) is 0 Å². The molecule has 0 N–H and O–H groups in total. The molecule has 2 nitrogen and oxygen atoms in total. The number of fused-ring (bicyclic) bond motifs is 1. The topological polar surface area (TPSA) is 25.8 Å². The Morgan fingerprint density at radius 2 is 2.07 bits per heavy atom. The standard InChI is InChI=1S/C11H11ClN2/c1-3-9-8-6-4-5-7(2)10(8)14-11(12)13-9/h4-6H,3H2,1-2H3. The van der Waals surface area contributed by atoms with E-state index < -0.39 is 0 Å². The van der Waals surface area contributed by atoms with Crippen LogP contribution in [0.25, 0.3) is 10.9 Å². The first-order chi connectivity index (χ1) is 6.72. The fourth-order valence-electron chi connectivity index (χ4n) is 1.60. The summed E-state index contributed by atoms with van der Waals surface area (Å²) in [4.78, 5) is 8.45. The average Bonchev–Trinajstić information content (AvgIpc) is 2.18. The molecule has 0 fully saturated rings. The molecule has 1 heterocycles. The SMILES string of the molecule is CCc1nc(Cl)nc2c(C)cccc12. The Kier molecular flexibility index (Phi) is 2.38. The maximum Gasteiger partial charge on any atom is 0.223 e. The number of hydrogen-bond donors (Lipinski definition) is 0. The summed E-state index contributed by atoms with van der Waals surface area (Å²) in [5.74, 6) is 0. The minimum Gasteiger partial charge on any atom is -0.222 e. The molecule has 14 heavy (non-hydrogen) atoms. The molecular weight excluding hydrogens is 196 g/mol. The minimum atomic E-state index is 0.337. The molecule has 0 unspecified atom stereocenters. The highest BCUT2D eigenvalue weighted by molar-refractivity contribution is 6.28. The molecule has 1 aromatic heterocycles. The van der Waals surface area contributed by atoms with E-state index in [-0.39, 0.29) is 0 Å². The van der Waals surface area contributed by atoms with Crippen LogP contribution in [0.1, 0.15) is 18.2 Å². The van der Waals surface area contributed by atoms with E-state index >= 15 is 0 Å². The zero-order valence-electron chi connectivity index (χ0n) is 8.21. The van der Waals surface area contributed by atoms with E-state index in [2.05, 4.69) is 16.9 Å². The number of aromatic nitrogens is 2. The molecule has 2 aromatic rings. The lowest BCUT2D eigenvalue weighted by atomic mass is 10.1. The first-order valence-electron chi connectivity index (χ1n) is 4.64. The Labute approximate surface area is 88.0 Å². The van der Waals surface area contributed by atoms with Gasteiger partial charge in [-0.2, -0.15) is 0 Å². The first-order valence-corrected chi connectivity index (χ1v) is 5.02. The predicted octanol–water partition coefficient (Wildman–Crippen LogP) is 3.15. The van der Waals surface area contributed by atoms with Crippen molar-refractivity contribution in [2.75, 3.05) is 0 Å². The second kappa shape index (κ2) is 3.54. The van der Waals surface area contributed by atoms with Gasteiger partial charge in [-0.1, -0.05) is 25.1 Å². The normalized spacial score (nSPS) is 10.8. The molecule has 2 rings (SSSR count). The lowest BCUT2D eigenvalue weighted by molar-refractivity contribution is 1.03. The highest BCUT2D eigenvalue weighted by atomic mass is 35.5. The number of nitrogens with zero attached hydrogens (tertiary/aromatic N) is 2. The molecule has 0 spiro atoms. The maximum absolute atomic E-state index is 5.85. The molecule has 0 saturated heterocycles. The smallest absolute Gasteiger partial charge is 0.222 e. The Balaban J connectivity index is 2.87. The van der Waals surface area contributed by atoms with E-state index in [1.54, 1.807) is 0 Å². The van der Waals surface area contributed by atoms with Gasteiger partial charge in [0.2, 0.25) is 5.28 Å². The third kappa shape index (κ3) is 1.46. The number of rotatable bonds is 1. The van der Waals surface area contributed by atoms with Crippen molar-refractivity contribution in [3.05, 3.63) is 34.7 Å². The van der Waals surface area contributed by atoms with Gasteiger partial charge in [-0.25, -0.2) is 9.97 Å². The van der Waals surface area contributed by atoms with Crippen LogP contribution < -0.4 is 0 Å². The lowest BCUT2D eigenvalue weighted by Gasteiger charge is -2.05. The Morgan fingerprint density at radius 3 is 2.79 bits per heavy atom. The highest BCUT2D eigenvalue weighted by Crippen LogP contribution is 2.20. The zero-order valence-corrected chi connectivity index (χ0v) is 8.97. The van der Waals surface area contributed by atoms with E-state index in [1.807, 2.05) is 25.1 Å². The maximum atomic E-state index is 5.85. The molecule has 0 aliphatic carbocycles. The van der Waals surface area contributed by atoms with Crippen molar-refractivity contribution < 1.29 is 0 Å². The van der Waals surface area contributed by atoms with Crippen molar-refractivity contribution in [2.45, 2.75) is 20.3 Å². The molecule has 0 aliphatic heterocycles. The Bertz CT molecular complexity index is 480. The molecule has 1 aromatic carbocycles. The van der Waals surface area contributed by atoms with Crippen LogP contribution in [-0.2, 0) is 6.42 Å². The van der Waals surface area contributed by atoms with Crippen LogP contribution in [0.3, 0.4) is 0 Å². The summed E-state index contributed by atoms with van der Waals surface area (Å²) >= 11 is 5.85. The van der Waals surface area contributed by atoms with E-state index in [4.69, 9.17) is 11.6 Å². The van der Waals surface area contributed by atoms with Crippen molar-refractivity contribution in [2.24, 2.45) is 0 Å². The summed E-state index contributed by atoms with van der Waals surface area (Å²) in [6.45, 7) is 4.10. The van der Waals surface area contributed by atoms with Gasteiger partial charge in [0.25, 0.3) is 0 Å². The number of para-hydroxylation sites is 1. The van der Waals surface area contributed by atoms with Gasteiger partial charge in [0.05, 0.1) is 11.2 Å². The van der Waals surface area contributed by atoms with E-state index in [1.165, 1.54) is 0 Å². The van der Waals surface area contributed by atoms with Gasteiger partial charge in [0.15, 0.2) is 0 Å². The fraction of sp³-hybridized carbons (Fsp3) is 0.273. The Hall–Kier alpha value is -1.15. The van der Waals surface area contributed by atoms with Crippen LogP contribution >= 0.6 is 11.6 Å². The summed E-state index contributed by atoms with van der Waals surface area (Å²) in [5, 5.41) is 1.44. The summed E-state index contributed by atoms with van der Waals surface area (Å²) in [6, 6.07) is 6.09. The second-order valence-electron chi connectivity index (χ2n) is 3.26. The first kappa shape index (κ1) is 9.41. The molecule has 0 amide bonds. The second-order valence-corrected chi connectivity index (χ2v) is 3.60. The average molecular weight is 207 g/mol. The third-order valence-electron chi connectivity index (χ3n) is 2.31. The van der Waals surface area contributed by atoms with Crippen LogP contribution in [0.15, 0.2) is 18.2 Å². The Morgan fingerprint density at radius 1 is 1.29 bits per heavy atom. The fourth-order valence-corrected chi connectivity index (χ4v) is 1.79. The largest absolute Gasteiger partial charge is 0.223 e. The van der Waals surface area contributed by atoms with Crippen LogP contribution in [-0.4, -0.2) is 9.97 Å². The van der Waals surface area contributed by atoms with Gasteiger partial charge in [-0.05, 0) is 30.5 Å². The van der Waals surface area contributed by atoms with E-state index in [0.29, 0.717) is 5.28 Å². The number of benzene rings is 1. The van der Waals surface area contributed by atoms with Gasteiger partial charge in [0, 0.05) is 5.39 Å². The molecule has 0 bridgehead atoms. The number of hydrogen-bond acceptors (Lipinski definition) is 2. The molecule has 0 saturated carbocycles. The zero-order chi connectivity index (χ0) is 10.1. The van der Waals surface area contributed by atoms with Crippen molar-refractivity contribution >= 4 is 22.5 Å². The molecule has 3 heteroatoms. The number of aryl methyl sites for hydroxylation is 2. The molecule has 72 valence electrons. The van der Waals surface area contributed by atoms with Gasteiger partial charge in [-0.3, -0.25) is 0 Å². The summed E-state index contributed by atoms with van der Waals surface area (Å²) < 4.78 is 0. The van der Waals surface area contributed by atoms with Gasteiger partial charge in [0.1, 0.15) is 0 Å². The van der Waals surface area contributed by atoms with Crippen LogP contribution in [0.4, 0.5) is 0 Å². The molecule has 0 atom stereocenters. The van der Waals surface area contributed by atoms with Gasteiger partial charge < -0.3 is 0 Å². The summed E-state index contributed by atoms with van der Waals surface area (Å²) in [7, 11) is 0.